The topological polar surface area (TPSA) is 80.7 Å². The molecule has 5 nitrogen and oxygen atoms in total. The molecule has 4 rings (SSSR count). The van der Waals surface area contributed by atoms with E-state index in [0.717, 1.165) is 6.08 Å². The zero-order chi connectivity index (χ0) is 25.3. The molecule has 0 amide bonds. The Morgan fingerprint density at radius 1 is 1.26 bits per heavy atom. The van der Waals surface area contributed by atoms with Crippen molar-refractivity contribution in [1.29, 1.82) is 0 Å². The van der Waals surface area contributed by atoms with Crippen LogP contribution in [0.3, 0.4) is 0 Å². The van der Waals surface area contributed by atoms with Crippen molar-refractivity contribution in [2.75, 3.05) is 6.01 Å². The minimum atomic E-state index is -2.30. The van der Waals surface area contributed by atoms with Gasteiger partial charge in [-0.2, -0.15) is 0 Å². The summed E-state index contributed by atoms with van der Waals surface area (Å²) in [6.07, 6.45) is 0.160. The number of alkyl halides is 3. The van der Waals surface area contributed by atoms with Crippen molar-refractivity contribution in [3.8, 4) is 0 Å². The highest BCUT2D eigenvalue weighted by atomic mass is 32.2. The summed E-state index contributed by atoms with van der Waals surface area (Å²) < 4.78 is 51.8. The highest BCUT2D eigenvalue weighted by Crippen LogP contribution is 2.72. The first-order chi connectivity index (χ1) is 15.8. The summed E-state index contributed by atoms with van der Waals surface area (Å²) >= 11 is 0.396. The molecule has 0 spiro atoms. The number of carbonyl (C=O) groups excluding carboxylic acids is 3. The van der Waals surface area contributed by atoms with Crippen LogP contribution in [0.15, 0.2) is 23.8 Å². The molecule has 1 N–H and O–H groups in total. The maximum Gasteiger partial charge on any atom is 0.306 e. The van der Waals surface area contributed by atoms with Crippen LogP contribution in [0.1, 0.15) is 53.4 Å². The smallest absolute Gasteiger partial charge is 0.306 e. The minimum absolute atomic E-state index is 0.0141. The van der Waals surface area contributed by atoms with E-state index >= 15 is 8.78 Å². The highest BCUT2D eigenvalue weighted by molar-refractivity contribution is 8.13. The molecular weight excluding hydrogens is 469 g/mol. The summed E-state index contributed by atoms with van der Waals surface area (Å²) in [4.78, 5) is 37.8. The molecule has 0 saturated heterocycles. The lowest BCUT2D eigenvalue weighted by molar-refractivity contribution is -0.228. The summed E-state index contributed by atoms with van der Waals surface area (Å²) in [5.41, 5.74) is -6.84. The third-order valence-electron chi connectivity index (χ3n) is 9.22. The molecule has 0 aromatic carbocycles. The number of carbonyl (C=O) groups is 3. The molecule has 9 heteroatoms. The van der Waals surface area contributed by atoms with Gasteiger partial charge in [0, 0.05) is 29.1 Å². The van der Waals surface area contributed by atoms with Gasteiger partial charge >= 0.3 is 5.97 Å². The number of hydrogen-bond acceptors (Lipinski definition) is 6. The van der Waals surface area contributed by atoms with Crippen LogP contribution >= 0.6 is 11.8 Å². The second-order valence-electron chi connectivity index (χ2n) is 10.6. The van der Waals surface area contributed by atoms with Crippen LogP contribution in [-0.4, -0.2) is 51.5 Å². The van der Waals surface area contributed by atoms with Crippen molar-refractivity contribution < 1.29 is 37.4 Å². The van der Waals surface area contributed by atoms with E-state index in [4.69, 9.17) is 4.74 Å². The zero-order valence-electron chi connectivity index (χ0n) is 19.8. The van der Waals surface area contributed by atoms with Crippen molar-refractivity contribution in [1.82, 2.24) is 0 Å². The Kier molecular flexibility index (Phi) is 6.16. The van der Waals surface area contributed by atoms with Gasteiger partial charge in [0.25, 0.3) is 0 Å². The maximum absolute atomic E-state index is 17.2. The first-order valence-corrected chi connectivity index (χ1v) is 12.7. The molecule has 0 aromatic rings. The van der Waals surface area contributed by atoms with Crippen molar-refractivity contribution in [2.45, 2.75) is 76.9 Å². The van der Waals surface area contributed by atoms with Crippen LogP contribution in [-0.2, 0) is 19.1 Å². The number of esters is 1. The molecule has 0 aliphatic heterocycles. The molecule has 0 bridgehead atoms. The van der Waals surface area contributed by atoms with Gasteiger partial charge in [-0.3, -0.25) is 14.4 Å². The van der Waals surface area contributed by atoms with Crippen LogP contribution in [0.5, 0.6) is 0 Å². The molecule has 3 saturated carbocycles. The van der Waals surface area contributed by atoms with Gasteiger partial charge in [-0.25, -0.2) is 13.2 Å². The molecule has 4 aliphatic carbocycles. The molecule has 0 heterocycles. The van der Waals surface area contributed by atoms with E-state index in [-0.39, 0.29) is 31.3 Å². The van der Waals surface area contributed by atoms with Gasteiger partial charge in [-0.15, -0.1) is 0 Å². The number of halogens is 3. The molecule has 9 atom stereocenters. The predicted molar refractivity (Wildman–Crippen MR) is 121 cm³/mol. The number of thioether (sulfide) groups is 1. The molecular formula is C25H31F3O5S. The molecule has 4 aliphatic rings. The van der Waals surface area contributed by atoms with E-state index in [2.05, 4.69) is 0 Å². The Labute approximate surface area is 201 Å². The number of ether oxygens (including phenoxy) is 1. The van der Waals surface area contributed by atoms with Crippen molar-refractivity contribution in [2.24, 2.45) is 28.6 Å². The fourth-order valence-electron chi connectivity index (χ4n) is 7.63. The number of allylic oxidation sites excluding steroid dienone is 4. The number of hydrogen-bond donors (Lipinski definition) is 1. The second kappa shape index (κ2) is 8.22. The highest BCUT2D eigenvalue weighted by Gasteiger charge is 2.78. The average Bonchev–Trinajstić information content (AvgIpc) is 2.99. The van der Waals surface area contributed by atoms with Crippen molar-refractivity contribution in [3.63, 3.8) is 0 Å². The lowest BCUT2D eigenvalue weighted by atomic mass is 9.44. The summed E-state index contributed by atoms with van der Waals surface area (Å²) in [6, 6.07) is -1.02. The van der Waals surface area contributed by atoms with Gasteiger partial charge in [0.15, 0.2) is 17.1 Å². The van der Waals surface area contributed by atoms with E-state index in [0.29, 0.717) is 11.8 Å². The van der Waals surface area contributed by atoms with E-state index in [9.17, 15) is 23.9 Å². The Hall–Kier alpha value is -1.61. The van der Waals surface area contributed by atoms with Gasteiger partial charge in [0.2, 0.25) is 5.12 Å². The van der Waals surface area contributed by atoms with Gasteiger partial charge in [-0.1, -0.05) is 26.8 Å². The van der Waals surface area contributed by atoms with Crippen LogP contribution in [0.4, 0.5) is 13.2 Å². The second-order valence-corrected chi connectivity index (χ2v) is 11.5. The molecule has 0 radical (unpaired) electrons. The fourth-order valence-corrected chi connectivity index (χ4v) is 8.42. The Balaban J connectivity index is 1.87. The summed E-state index contributed by atoms with van der Waals surface area (Å²) in [5, 5.41) is 10.7. The standard InChI is InChI=1S/C25H31F3O5S/c1-5-20(31)33-25(21(32)34-12-26)13(2)8-15-16-10-18(27)17-9-14(29)6-7-22(17,3)24(16,28)19(30)11-23(15,25)4/h6-7,9,13,15-16,18-19,30H,5,8,10-12H2,1-4H3/t13-,15+,16+,18-,19-,22-,23+,24+,25+/m0/s1. The van der Waals surface area contributed by atoms with E-state index in [1.165, 1.54) is 19.1 Å². The lowest BCUT2D eigenvalue weighted by Gasteiger charge is -2.63. The van der Waals surface area contributed by atoms with E-state index in [1.54, 1.807) is 20.8 Å². The third-order valence-corrected chi connectivity index (χ3v) is 9.90. The first-order valence-electron chi connectivity index (χ1n) is 11.7. The Morgan fingerprint density at radius 2 is 1.94 bits per heavy atom. The fraction of sp³-hybridized carbons (Fsp3) is 0.720. The monoisotopic (exact) mass is 500 g/mol. The number of ketones is 1. The Bertz CT molecular complexity index is 984. The summed E-state index contributed by atoms with van der Waals surface area (Å²) in [5.74, 6) is -3.30. The quantitative estimate of drug-likeness (QED) is 0.576. The molecule has 0 unspecified atom stereocenters. The number of rotatable bonds is 4. The molecule has 3 fully saturated rings. The van der Waals surface area contributed by atoms with Crippen LogP contribution in [0.2, 0.25) is 0 Å². The van der Waals surface area contributed by atoms with Gasteiger partial charge in [0.05, 0.1) is 6.10 Å². The normalized spacial score (nSPS) is 47.4. The van der Waals surface area contributed by atoms with Crippen molar-refractivity contribution in [3.05, 3.63) is 23.8 Å². The zero-order valence-corrected chi connectivity index (χ0v) is 20.6. The number of aliphatic hydroxyl groups is 1. The maximum atomic E-state index is 17.2. The molecule has 34 heavy (non-hydrogen) atoms. The largest absolute Gasteiger partial charge is 0.449 e. The minimum Gasteiger partial charge on any atom is -0.449 e. The Morgan fingerprint density at radius 3 is 2.56 bits per heavy atom. The number of aliphatic hydroxyl groups excluding tert-OH is 1. The molecule has 188 valence electrons. The SMILES string of the molecule is CCC(=O)O[C@@]1(C(=O)SCF)[C@@H](C)C[C@@H]2[C@H]3C[C@H](F)C4=CC(=O)C=C[C@]4(C)[C@]3(F)[C@@H](O)C[C@]21C. The third kappa shape index (κ3) is 3.01. The predicted octanol–water partition coefficient (Wildman–Crippen LogP) is 4.43. The summed E-state index contributed by atoms with van der Waals surface area (Å²) in [6.45, 7) is 6.45. The average molecular weight is 501 g/mol. The first kappa shape index (κ1) is 25.5. The molecule has 0 aromatic heterocycles. The number of fused-ring (bicyclic) bond motifs is 5. The van der Waals surface area contributed by atoms with Crippen molar-refractivity contribution >= 4 is 28.6 Å². The van der Waals surface area contributed by atoms with Crippen LogP contribution < -0.4 is 0 Å². The van der Waals surface area contributed by atoms with Gasteiger partial charge < -0.3 is 9.84 Å². The lowest BCUT2D eigenvalue weighted by Crippen LogP contribution is -2.70. The van der Waals surface area contributed by atoms with Crippen LogP contribution in [0.25, 0.3) is 0 Å². The summed E-state index contributed by atoms with van der Waals surface area (Å²) in [7, 11) is 0. The van der Waals surface area contributed by atoms with E-state index < -0.39 is 75.0 Å². The van der Waals surface area contributed by atoms with Gasteiger partial charge in [0.1, 0.15) is 12.2 Å². The van der Waals surface area contributed by atoms with E-state index in [1.807, 2.05) is 0 Å². The van der Waals surface area contributed by atoms with Gasteiger partial charge in [-0.05, 0) is 61.6 Å². The van der Waals surface area contributed by atoms with Crippen LogP contribution in [0, 0.1) is 28.6 Å².